The van der Waals surface area contributed by atoms with Gasteiger partial charge in [0.2, 0.25) is 0 Å². The zero-order chi connectivity index (χ0) is 2.12. The summed E-state index contributed by atoms with van der Waals surface area (Å²) in [6.07, 6.45) is 5.00. The van der Waals surface area contributed by atoms with Crippen molar-refractivity contribution >= 4 is 23.9 Å². The maximum atomic E-state index is 2.25. The third-order valence-corrected chi connectivity index (χ3v) is 0.289. The van der Waals surface area contributed by atoms with Gasteiger partial charge < -0.3 is 0 Å². The Morgan fingerprint density at radius 1 is 0.857 bits per heavy atom. The Hall–Kier alpha value is 0.799. The fourth-order valence-electron chi connectivity index (χ4n) is 0. The summed E-state index contributed by atoms with van der Waals surface area (Å²) in [5.41, 5.74) is 0. The molecule has 5 radical (unpaired) electrons. The van der Waals surface area contributed by atoms with Gasteiger partial charge in [-0.1, -0.05) is 22.3 Å². The van der Waals surface area contributed by atoms with Crippen molar-refractivity contribution in [3.05, 3.63) is 6.42 Å². The van der Waals surface area contributed by atoms with Crippen LogP contribution in [0.5, 0.6) is 0 Å². The van der Waals surface area contributed by atoms with Gasteiger partial charge >= 0.3 is 0 Å². The van der Waals surface area contributed by atoms with Crippen molar-refractivity contribution in [2.24, 2.45) is 0 Å². The largest absolute Gasteiger partial charge is 0.0776 e. The van der Waals surface area contributed by atoms with Gasteiger partial charge in [0.05, 0.1) is 0 Å². The average molecular weight is 208 g/mol. The molecule has 0 unspecified atom stereocenters. The van der Waals surface area contributed by atoms with E-state index in [1.54, 1.807) is 0 Å². The molecule has 1 saturated carbocycles. The monoisotopic (exact) mass is 209 g/mol. The number of rotatable bonds is 0. The second kappa shape index (κ2) is 15.8. The van der Waals surface area contributed by atoms with E-state index in [0.717, 1.165) is 0 Å². The van der Waals surface area contributed by atoms with E-state index in [1.165, 1.54) is 12.8 Å². The Labute approximate surface area is 65.7 Å². The van der Waals surface area contributed by atoms with Crippen LogP contribution in [0.15, 0.2) is 0 Å². The molecule has 0 aromatic heterocycles. The number of hydrogen-bond acceptors (Lipinski definition) is 0. The fraction of sp³-hybridized carbons (Fsp3) is 0.833. The molecule has 0 nitrogen and oxygen atoms in total. The Morgan fingerprint density at radius 2 is 1.00 bits per heavy atom. The van der Waals surface area contributed by atoms with Crippen LogP contribution >= 0.6 is 0 Å². The first-order valence-electron chi connectivity index (χ1n) is 1.32. The molecule has 0 bridgehead atoms. The van der Waals surface area contributed by atoms with Crippen LogP contribution in [0.2, 0.25) is 0 Å². The minimum Gasteiger partial charge on any atom is -0.0776 e. The van der Waals surface area contributed by atoms with Gasteiger partial charge in [0.25, 0.3) is 0 Å². The van der Waals surface area contributed by atoms with Crippen molar-refractivity contribution in [1.82, 2.24) is 0 Å². The van der Waals surface area contributed by atoms with Crippen molar-refractivity contribution in [3.8, 4) is 0 Å². The van der Waals surface area contributed by atoms with Crippen LogP contribution in [-0.2, 0) is 0 Å². The quantitative estimate of drug-likeness (QED) is 0.536. The molecule has 45 valence electrons. The molecular weight excluding hydrogens is 191 g/mol. The van der Waals surface area contributed by atoms with E-state index in [9.17, 15) is 0 Å². The molecule has 0 aromatic rings. The maximum Gasteiger partial charge on any atom is 0 e. The third-order valence-electron chi connectivity index (χ3n) is 0.289. The molecule has 1 heteroatoms. The first-order chi connectivity index (χ1) is 1.50. The minimum atomic E-state index is 0. The SMILES string of the molecule is C.C.C.[CH]1CC1.[Sn]. The van der Waals surface area contributed by atoms with Gasteiger partial charge in [0.1, 0.15) is 0 Å². The summed E-state index contributed by atoms with van der Waals surface area (Å²) in [5.74, 6) is 0. The van der Waals surface area contributed by atoms with E-state index in [4.69, 9.17) is 0 Å². The van der Waals surface area contributed by atoms with Crippen LogP contribution in [-0.4, -0.2) is 23.9 Å². The van der Waals surface area contributed by atoms with Gasteiger partial charge in [-0.05, 0) is 19.3 Å². The predicted molar refractivity (Wildman–Crippen MR) is 39.5 cm³/mol. The third kappa shape index (κ3) is 48.4. The molecule has 0 aliphatic heterocycles. The summed E-state index contributed by atoms with van der Waals surface area (Å²) in [4.78, 5) is 0. The molecule has 0 amide bonds. The molecule has 1 rings (SSSR count). The summed E-state index contributed by atoms with van der Waals surface area (Å²) in [7, 11) is 0. The van der Waals surface area contributed by atoms with Crippen molar-refractivity contribution in [2.75, 3.05) is 0 Å². The maximum absolute atomic E-state index is 2.25. The Balaban J connectivity index is -0.0000000112. The molecule has 1 aliphatic rings. The summed E-state index contributed by atoms with van der Waals surface area (Å²) >= 11 is 0. The Kier molecular flexibility index (Phi) is 56.5. The van der Waals surface area contributed by atoms with Crippen molar-refractivity contribution in [3.63, 3.8) is 0 Å². The molecule has 0 aromatic carbocycles. The Morgan fingerprint density at radius 3 is 1.00 bits per heavy atom. The van der Waals surface area contributed by atoms with Gasteiger partial charge in [-0.15, -0.1) is 0 Å². The van der Waals surface area contributed by atoms with Crippen LogP contribution in [0.1, 0.15) is 35.1 Å². The van der Waals surface area contributed by atoms with Gasteiger partial charge in [-0.2, -0.15) is 0 Å². The summed E-state index contributed by atoms with van der Waals surface area (Å²) in [6, 6.07) is 0. The molecule has 7 heavy (non-hydrogen) atoms. The second-order valence-corrected chi connectivity index (χ2v) is 0.866. The van der Waals surface area contributed by atoms with Crippen molar-refractivity contribution in [2.45, 2.75) is 35.1 Å². The first-order valence-corrected chi connectivity index (χ1v) is 1.32. The van der Waals surface area contributed by atoms with E-state index in [2.05, 4.69) is 6.42 Å². The van der Waals surface area contributed by atoms with Gasteiger partial charge in [0, 0.05) is 23.9 Å². The molecule has 0 atom stereocenters. The normalized spacial score (nSPS) is 10.3. The molecule has 0 heterocycles. The fourth-order valence-corrected chi connectivity index (χ4v) is 0. The van der Waals surface area contributed by atoms with Gasteiger partial charge in [-0.25, -0.2) is 0 Å². The van der Waals surface area contributed by atoms with Crippen LogP contribution in [0.25, 0.3) is 0 Å². The Bertz CT molecular complexity index is 8.90. The smallest absolute Gasteiger partial charge is 0 e. The summed E-state index contributed by atoms with van der Waals surface area (Å²) < 4.78 is 0. The standard InChI is InChI=1S/C3H5.3CH4.Sn/c1-2-3-1;;;;/h1H,2-3H2;3*1H4;. The zero-order valence-electron chi connectivity index (χ0n) is 2.49. The molecule has 1 fully saturated rings. The van der Waals surface area contributed by atoms with E-state index >= 15 is 0 Å². The van der Waals surface area contributed by atoms with E-state index in [1.807, 2.05) is 0 Å². The number of hydrogen-bond donors (Lipinski definition) is 0. The molecule has 1 aliphatic carbocycles. The van der Waals surface area contributed by atoms with Crippen LogP contribution in [0.3, 0.4) is 0 Å². The average Bonchev–Trinajstić information content (AvgIpc) is 1.46. The van der Waals surface area contributed by atoms with Crippen molar-refractivity contribution in [1.29, 1.82) is 0 Å². The summed E-state index contributed by atoms with van der Waals surface area (Å²) in [5, 5.41) is 0. The van der Waals surface area contributed by atoms with Gasteiger partial charge in [-0.3, -0.25) is 0 Å². The minimum absolute atomic E-state index is 0. The van der Waals surface area contributed by atoms with Crippen molar-refractivity contribution < 1.29 is 0 Å². The zero-order valence-corrected chi connectivity index (χ0v) is 5.35. The summed E-state index contributed by atoms with van der Waals surface area (Å²) in [6.45, 7) is 0. The van der Waals surface area contributed by atoms with E-state index < -0.39 is 0 Å². The van der Waals surface area contributed by atoms with E-state index in [0.29, 0.717) is 0 Å². The molecular formula is C6H17Sn. The first kappa shape index (κ1) is 25.0. The molecule has 0 N–H and O–H groups in total. The predicted octanol–water partition coefficient (Wildman–Crippen LogP) is 2.51. The topological polar surface area (TPSA) is 0 Å². The van der Waals surface area contributed by atoms with Crippen LogP contribution in [0.4, 0.5) is 0 Å². The van der Waals surface area contributed by atoms with Crippen LogP contribution in [0, 0.1) is 6.42 Å². The van der Waals surface area contributed by atoms with Gasteiger partial charge in [0.15, 0.2) is 0 Å². The molecule has 0 spiro atoms. The molecule has 0 saturated heterocycles. The van der Waals surface area contributed by atoms with E-state index in [-0.39, 0.29) is 46.2 Å². The van der Waals surface area contributed by atoms with Crippen LogP contribution < -0.4 is 0 Å². The second-order valence-electron chi connectivity index (χ2n) is 0.866.